The van der Waals surface area contributed by atoms with E-state index in [9.17, 15) is 31.5 Å². The summed E-state index contributed by atoms with van der Waals surface area (Å²) in [6.07, 6.45) is -5.75. The Morgan fingerprint density at radius 1 is 1.06 bits per heavy atom. The number of carbonyl (C=O) groups excluding carboxylic acids is 1. The zero-order valence-electron chi connectivity index (χ0n) is 18.2. The molecule has 0 radical (unpaired) electrons. The number of rotatable bonds is 5. The highest BCUT2D eigenvalue weighted by Gasteiger charge is 2.34. The van der Waals surface area contributed by atoms with Crippen LogP contribution in [0.15, 0.2) is 29.3 Å². The zero-order valence-corrected chi connectivity index (χ0v) is 19.7. The third kappa shape index (κ3) is 5.81. The highest BCUT2D eigenvalue weighted by Crippen LogP contribution is 2.43. The molecular formula is C21H16Cl2F5N3O4. The smallest absolute Gasteiger partial charge is 0.423 e. The van der Waals surface area contributed by atoms with Gasteiger partial charge in [0.2, 0.25) is 0 Å². The van der Waals surface area contributed by atoms with Crippen molar-refractivity contribution >= 4 is 40.3 Å². The molecule has 7 nitrogen and oxygen atoms in total. The van der Waals surface area contributed by atoms with E-state index in [1.807, 2.05) is 0 Å². The molecule has 1 aromatic carbocycles. The molecule has 0 aliphatic rings. The van der Waals surface area contributed by atoms with Gasteiger partial charge in [0, 0.05) is 18.0 Å². The second kappa shape index (κ2) is 9.57. The summed E-state index contributed by atoms with van der Waals surface area (Å²) in [7, 11) is 0. The molecule has 0 spiro atoms. The van der Waals surface area contributed by atoms with Gasteiger partial charge in [-0.1, -0.05) is 23.2 Å². The van der Waals surface area contributed by atoms with E-state index in [-0.39, 0.29) is 16.7 Å². The third-order valence-electron chi connectivity index (χ3n) is 4.46. The number of aromatic nitrogens is 3. The lowest BCUT2D eigenvalue weighted by molar-refractivity contribution is -0.274. The van der Waals surface area contributed by atoms with Gasteiger partial charge >= 0.3 is 12.3 Å². The van der Waals surface area contributed by atoms with E-state index in [1.165, 1.54) is 27.0 Å². The Balaban J connectivity index is 2.42. The first-order valence-corrected chi connectivity index (χ1v) is 10.5. The topological polar surface area (TPSA) is 83.3 Å². The summed E-state index contributed by atoms with van der Waals surface area (Å²) in [5.74, 6) is -2.12. The molecule has 3 aromatic rings. The fourth-order valence-corrected chi connectivity index (χ4v) is 3.65. The van der Waals surface area contributed by atoms with Crippen molar-refractivity contribution in [3.8, 4) is 22.6 Å². The van der Waals surface area contributed by atoms with Gasteiger partial charge in [0.15, 0.2) is 11.4 Å². The minimum Gasteiger partial charge on any atom is -0.423 e. The number of nitrogens with zero attached hydrogens (tertiary/aromatic N) is 3. The Hall–Kier alpha value is -2.99. The Labute approximate surface area is 204 Å². The summed E-state index contributed by atoms with van der Waals surface area (Å²) in [6, 6.07) is 1.45. The molecule has 0 amide bonds. The standard InChI is InChI=1S/C21H16Cl2F5N3O4/c1-20(2,3)19(33)34-16-14(13-10(22)6-9(7-11(13)23)35-21(26,27)28)18(32)31(8-12(24)25)17-15(16)29-4-5-30-17/h4-7,12H,8H2,1-3H3. The number of halogens is 7. The third-order valence-corrected chi connectivity index (χ3v) is 5.06. The van der Waals surface area contributed by atoms with Crippen LogP contribution in [0, 0.1) is 5.41 Å². The molecule has 3 rings (SSSR count). The summed E-state index contributed by atoms with van der Waals surface area (Å²) >= 11 is 12.3. The molecule has 35 heavy (non-hydrogen) atoms. The SMILES string of the molecule is CC(C)(C)C(=O)Oc1c(-c2c(Cl)cc(OC(F)(F)F)cc2Cl)c(=O)n(CC(F)F)c2nccnc12. The number of pyridine rings is 1. The molecule has 0 N–H and O–H groups in total. The van der Waals surface area contributed by atoms with Gasteiger partial charge in [-0.2, -0.15) is 0 Å². The predicted molar refractivity (Wildman–Crippen MR) is 117 cm³/mol. The molecule has 2 aromatic heterocycles. The molecular weight excluding hydrogens is 524 g/mol. The van der Waals surface area contributed by atoms with Gasteiger partial charge in [-0.15, -0.1) is 13.2 Å². The van der Waals surface area contributed by atoms with Crippen LogP contribution in [-0.4, -0.2) is 33.3 Å². The van der Waals surface area contributed by atoms with Crippen molar-refractivity contribution in [3.05, 3.63) is 44.9 Å². The molecule has 0 aliphatic heterocycles. The van der Waals surface area contributed by atoms with E-state index in [1.54, 1.807) is 0 Å². The largest absolute Gasteiger partial charge is 0.573 e. The maximum atomic E-state index is 13.4. The van der Waals surface area contributed by atoms with E-state index in [0.717, 1.165) is 18.3 Å². The van der Waals surface area contributed by atoms with Crippen molar-refractivity contribution < 1.29 is 36.2 Å². The number of ether oxygens (including phenoxy) is 2. The number of fused-ring (bicyclic) bond motifs is 1. The second-order valence-electron chi connectivity index (χ2n) is 8.19. The monoisotopic (exact) mass is 539 g/mol. The van der Waals surface area contributed by atoms with Crippen LogP contribution in [0.2, 0.25) is 10.0 Å². The molecule has 188 valence electrons. The maximum Gasteiger partial charge on any atom is 0.573 e. The number of hydrogen-bond acceptors (Lipinski definition) is 6. The van der Waals surface area contributed by atoms with Crippen LogP contribution < -0.4 is 15.0 Å². The van der Waals surface area contributed by atoms with E-state index >= 15 is 0 Å². The molecule has 0 saturated heterocycles. The zero-order chi connectivity index (χ0) is 26.3. The van der Waals surface area contributed by atoms with Crippen LogP contribution in [0.25, 0.3) is 22.3 Å². The summed E-state index contributed by atoms with van der Waals surface area (Å²) in [5.41, 5.74) is -3.72. The van der Waals surface area contributed by atoms with E-state index < -0.39 is 63.4 Å². The highest BCUT2D eigenvalue weighted by molar-refractivity contribution is 6.39. The molecule has 2 heterocycles. The van der Waals surface area contributed by atoms with Gasteiger partial charge < -0.3 is 9.47 Å². The lowest BCUT2D eigenvalue weighted by Crippen LogP contribution is -2.30. The van der Waals surface area contributed by atoms with E-state index in [0.29, 0.717) is 4.57 Å². The van der Waals surface area contributed by atoms with Crippen LogP contribution in [0.3, 0.4) is 0 Å². The van der Waals surface area contributed by atoms with E-state index in [4.69, 9.17) is 27.9 Å². The highest BCUT2D eigenvalue weighted by atomic mass is 35.5. The van der Waals surface area contributed by atoms with Gasteiger partial charge in [0.05, 0.1) is 27.6 Å². The molecule has 0 atom stereocenters. The number of carbonyl (C=O) groups is 1. The van der Waals surface area contributed by atoms with Crippen molar-refractivity contribution in [1.29, 1.82) is 0 Å². The Kier molecular flexibility index (Phi) is 7.28. The van der Waals surface area contributed by atoms with Crippen LogP contribution in [0.1, 0.15) is 20.8 Å². The van der Waals surface area contributed by atoms with Gasteiger partial charge in [0.25, 0.3) is 12.0 Å². The van der Waals surface area contributed by atoms with Gasteiger partial charge in [0.1, 0.15) is 11.3 Å². The van der Waals surface area contributed by atoms with Gasteiger partial charge in [-0.05, 0) is 32.9 Å². The molecule has 0 fully saturated rings. The number of benzene rings is 1. The lowest BCUT2D eigenvalue weighted by atomic mass is 9.97. The summed E-state index contributed by atoms with van der Waals surface area (Å²) in [5, 5.41) is -1.01. The minimum absolute atomic E-state index is 0.247. The van der Waals surface area contributed by atoms with Crippen molar-refractivity contribution in [1.82, 2.24) is 14.5 Å². The fourth-order valence-electron chi connectivity index (χ4n) is 2.99. The first kappa shape index (κ1) is 26.6. The molecule has 0 bridgehead atoms. The summed E-state index contributed by atoms with van der Waals surface area (Å²) in [4.78, 5) is 34.1. The summed E-state index contributed by atoms with van der Waals surface area (Å²) in [6.45, 7) is 3.44. The molecule has 14 heteroatoms. The minimum atomic E-state index is -5.07. The van der Waals surface area contributed by atoms with Crippen LogP contribution in [0.5, 0.6) is 11.5 Å². The second-order valence-corrected chi connectivity index (χ2v) is 9.00. The van der Waals surface area contributed by atoms with Crippen molar-refractivity contribution in [3.63, 3.8) is 0 Å². The van der Waals surface area contributed by atoms with Crippen molar-refractivity contribution in [2.24, 2.45) is 5.41 Å². The Morgan fingerprint density at radius 2 is 1.63 bits per heavy atom. The predicted octanol–water partition coefficient (Wildman–Crippen LogP) is 5.88. The van der Waals surface area contributed by atoms with E-state index in [2.05, 4.69) is 14.7 Å². The quantitative estimate of drug-likeness (QED) is 0.297. The lowest BCUT2D eigenvalue weighted by Gasteiger charge is -2.21. The molecule has 0 saturated carbocycles. The Bertz CT molecular complexity index is 1330. The van der Waals surface area contributed by atoms with Crippen LogP contribution in [-0.2, 0) is 11.3 Å². The average molecular weight is 540 g/mol. The number of hydrogen-bond donors (Lipinski definition) is 0. The van der Waals surface area contributed by atoms with Crippen LogP contribution in [0.4, 0.5) is 22.0 Å². The van der Waals surface area contributed by atoms with Gasteiger partial charge in [-0.25, -0.2) is 18.7 Å². The van der Waals surface area contributed by atoms with Crippen molar-refractivity contribution in [2.45, 2.75) is 40.1 Å². The van der Waals surface area contributed by atoms with Crippen LogP contribution >= 0.6 is 23.2 Å². The number of esters is 1. The molecule has 0 aliphatic carbocycles. The normalized spacial score (nSPS) is 12.3. The number of alkyl halides is 5. The first-order chi connectivity index (χ1) is 16.1. The molecule has 0 unspecified atom stereocenters. The maximum absolute atomic E-state index is 13.4. The Morgan fingerprint density at radius 3 is 2.14 bits per heavy atom. The fraction of sp³-hybridized carbons (Fsp3) is 0.333. The van der Waals surface area contributed by atoms with Crippen molar-refractivity contribution in [2.75, 3.05) is 0 Å². The summed E-state index contributed by atoms with van der Waals surface area (Å²) < 4.78 is 74.5. The average Bonchev–Trinajstić information content (AvgIpc) is 2.70. The first-order valence-electron chi connectivity index (χ1n) is 9.73. The van der Waals surface area contributed by atoms with Gasteiger partial charge in [-0.3, -0.25) is 14.2 Å².